The van der Waals surface area contributed by atoms with Crippen molar-refractivity contribution >= 4 is 35.6 Å². The first-order chi connectivity index (χ1) is 16.4. The van der Waals surface area contributed by atoms with E-state index >= 15 is 0 Å². The number of amides is 3. The second-order valence-corrected chi connectivity index (χ2v) is 8.05. The topological polar surface area (TPSA) is 279 Å². The third kappa shape index (κ3) is 14.3. The quantitative estimate of drug-likeness (QED) is 0.0543. The van der Waals surface area contributed by atoms with Crippen molar-refractivity contribution in [2.24, 2.45) is 44.6 Å². The average Bonchev–Trinajstić information content (AvgIpc) is 2.79. The van der Waals surface area contributed by atoms with Crippen LogP contribution in [-0.4, -0.2) is 78.5 Å². The first-order valence-electron chi connectivity index (χ1n) is 11.4. The molecule has 3 amide bonds. The molecule has 0 rings (SSSR count). The molecule has 15 heteroatoms. The van der Waals surface area contributed by atoms with Crippen LogP contribution >= 0.6 is 0 Å². The predicted octanol–water partition coefficient (Wildman–Crippen LogP) is -3.36. The molecule has 4 atom stereocenters. The van der Waals surface area contributed by atoms with Gasteiger partial charge in [0.25, 0.3) is 0 Å². The zero-order valence-electron chi connectivity index (χ0n) is 20.3. The minimum Gasteiger partial charge on any atom is -0.480 e. The Kier molecular flexibility index (Phi) is 15.2. The van der Waals surface area contributed by atoms with Gasteiger partial charge in [-0.1, -0.05) is 20.3 Å². The van der Waals surface area contributed by atoms with Crippen molar-refractivity contribution in [3.63, 3.8) is 0 Å². The summed E-state index contributed by atoms with van der Waals surface area (Å²) < 4.78 is 0. The Morgan fingerprint density at radius 1 is 0.857 bits per heavy atom. The highest BCUT2D eigenvalue weighted by Crippen LogP contribution is 2.10. The molecule has 0 aromatic carbocycles. The van der Waals surface area contributed by atoms with Crippen LogP contribution < -0.4 is 44.6 Å². The molecule has 0 aromatic rings. The molecule has 0 aromatic heterocycles. The molecule has 35 heavy (non-hydrogen) atoms. The number of carbonyl (C=O) groups is 4. The van der Waals surface area contributed by atoms with Crippen LogP contribution in [0.4, 0.5) is 0 Å². The van der Waals surface area contributed by atoms with Crippen LogP contribution in [-0.2, 0) is 19.2 Å². The Labute approximate surface area is 204 Å². The van der Waals surface area contributed by atoms with Gasteiger partial charge in [0.15, 0.2) is 11.9 Å². The highest BCUT2D eigenvalue weighted by molar-refractivity contribution is 5.93. The SMILES string of the molecule is CCC(C)C(NC(=O)C(CCCN=C(N)N)NC(=O)C(N)CCCN=C(N)N)C(=O)NCC(=O)O. The van der Waals surface area contributed by atoms with Gasteiger partial charge in [-0.25, -0.2) is 0 Å². The number of nitrogens with zero attached hydrogens (tertiary/aromatic N) is 2. The lowest BCUT2D eigenvalue weighted by Crippen LogP contribution is -2.57. The van der Waals surface area contributed by atoms with Crippen LogP contribution in [0.3, 0.4) is 0 Å². The number of hydrogen-bond donors (Lipinski definition) is 9. The summed E-state index contributed by atoms with van der Waals surface area (Å²) in [6.45, 7) is 3.50. The van der Waals surface area contributed by atoms with Crippen LogP contribution in [0, 0.1) is 5.92 Å². The van der Waals surface area contributed by atoms with E-state index in [1.54, 1.807) is 6.92 Å². The van der Waals surface area contributed by atoms with Gasteiger partial charge in [-0.3, -0.25) is 29.2 Å². The van der Waals surface area contributed by atoms with Gasteiger partial charge in [0.1, 0.15) is 18.6 Å². The number of aliphatic imine (C=N–C) groups is 2. The van der Waals surface area contributed by atoms with Gasteiger partial charge >= 0.3 is 5.97 Å². The second-order valence-electron chi connectivity index (χ2n) is 8.05. The van der Waals surface area contributed by atoms with E-state index in [9.17, 15) is 19.2 Å². The average molecular weight is 501 g/mol. The van der Waals surface area contributed by atoms with Crippen molar-refractivity contribution in [1.29, 1.82) is 0 Å². The summed E-state index contributed by atoms with van der Waals surface area (Å²) in [4.78, 5) is 56.6. The van der Waals surface area contributed by atoms with Crippen LogP contribution in [0.25, 0.3) is 0 Å². The van der Waals surface area contributed by atoms with Crippen molar-refractivity contribution in [2.45, 2.75) is 64.1 Å². The molecule has 15 nitrogen and oxygen atoms in total. The zero-order chi connectivity index (χ0) is 27.0. The van der Waals surface area contributed by atoms with Crippen molar-refractivity contribution < 1.29 is 24.3 Å². The zero-order valence-corrected chi connectivity index (χ0v) is 20.3. The molecule has 0 fully saturated rings. The van der Waals surface area contributed by atoms with E-state index in [0.29, 0.717) is 25.8 Å². The number of hydrogen-bond acceptors (Lipinski definition) is 7. The molecule has 0 bridgehead atoms. The van der Waals surface area contributed by atoms with Crippen LogP contribution in [0.1, 0.15) is 46.0 Å². The molecular formula is C20H40N10O5. The summed E-state index contributed by atoms with van der Waals surface area (Å²) >= 11 is 0. The molecule has 0 radical (unpaired) electrons. The van der Waals surface area contributed by atoms with E-state index in [1.807, 2.05) is 6.92 Å². The number of carbonyl (C=O) groups excluding carboxylic acids is 3. The molecule has 0 saturated carbocycles. The second kappa shape index (κ2) is 16.9. The number of rotatable bonds is 17. The molecule has 0 spiro atoms. The van der Waals surface area contributed by atoms with Crippen LogP contribution in [0.2, 0.25) is 0 Å². The summed E-state index contributed by atoms with van der Waals surface area (Å²) in [5.74, 6) is -3.51. The van der Waals surface area contributed by atoms with Gasteiger partial charge in [-0.2, -0.15) is 0 Å². The Balaban J connectivity index is 5.36. The number of carboxylic acids is 1. The fraction of sp³-hybridized carbons (Fsp3) is 0.700. The van der Waals surface area contributed by atoms with Gasteiger partial charge in [0.2, 0.25) is 17.7 Å². The van der Waals surface area contributed by atoms with Crippen molar-refractivity contribution in [1.82, 2.24) is 16.0 Å². The van der Waals surface area contributed by atoms with E-state index in [2.05, 4.69) is 25.9 Å². The number of guanidine groups is 2. The lowest BCUT2D eigenvalue weighted by Gasteiger charge is -2.27. The molecule has 4 unspecified atom stereocenters. The van der Waals surface area contributed by atoms with E-state index in [0.717, 1.165) is 0 Å². The van der Waals surface area contributed by atoms with Crippen molar-refractivity contribution in [3.8, 4) is 0 Å². The van der Waals surface area contributed by atoms with Gasteiger partial charge in [-0.15, -0.1) is 0 Å². The molecule has 0 aliphatic heterocycles. The number of nitrogens with two attached hydrogens (primary N) is 5. The highest BCUT2D eigenvalue weighted by atomic mass is 16.4. The lowest BCUT2D eigenvalue weighted by atomic mass is 9.97. The minimum atomic E-state index is -1.22. The summed E-state index contributed by atoms with van der Waals surface area (Å²) in [6.07, 6.45) is 1.79. The molecule has 0 heterocycles. The fourth-order valence-corrected chi connectivity index (χ4v) is 2.93. The summed E-state index contributed by atoms with van der Waals surface area (Å²) in [5.41, 5.74) is 27.1. The lowest BCUT2D eigenvalue weighted by molar-refractivity contribution is -0.139. The highest BCUT2D eigenvalue weighted by Gasteiger charge is 2.30. The molecule has 0 saturated heterocycles. The maximum Gasteiger partial charge on any atom is 0.322 e. The summed E-state index contributed by atoms with van der Waals surface area (Å²) in [5, 5.41) is 16.3. The summed E-state index contributed by atoms with van der Waals surface area (Å²) in [6, 6.07) is -2.95. The Hall–Kier alpha value is -3.62. The van der Waals surface area contributed by atoms with Gasteiger partial charge in [-0.05, 0) is 31.6 Å². The first-order valence-corrected chi connectivity index (χ1v) is 11.4. The maximum atomic E-state index is 13.0. The van der Waals surface area contributed by atoms with E-state index in [1.165, 1.54) is 0 Å². The van der Waals surface area contributed by atoms with E-state index in [-0.39, 0.29) is 37.2 Å². The van der Waals surface area contributed by atoms with E-state index < -0.39 is 48.4 Å². The standard InChI is InChI=1S/C20H40N10O5/c1-3-11(2)15(18(35)28-10-14(31)32)30-17(34)13(7-5-9-27-20(24)25)29-16(33)12(21)6-4-8-26-19(22)23/h11-13,15H,3-10,21H2,1-2H3,(H,28,35)(H,29,33)(H,30,34)(H,31,32)(H4,22,23,26)(H4,24,25,27). The Morgan fingerprint density at radius 3 is 1.89 bits per heavy atom. The molecule has 0 aliphatic rings. The molecule has 0 aliphatic carbocycles. The third-order valence-corrected chi connectivity index (χ3v) is 5.09. The van der Waals surface area contributed by atoms with Crippen molar-refractivity contribution in [2.75, 3.05) is 19.6 Å². The van der Waals surface area contributed by atoms with E-state index in [4.69, 9.17) is 33.8 Å². The van der Waals surface area contributed by atoms with Crippen molar-refractivity contribution in [3.05, 3.63) is 0 Å². The maximum absolute atomic E-state index is 13.0. The van der Waals surface area contributed by atoms with Gasteiger partial charge in [0.05, 0.1) is 6.04 Å². The molecule has 200 valence electrons. The summed E-state index contributed by atoms with van der Waals surface area (Å²) in [7, 11) is 0. The fourth-order valence-electron chi connectivity index (χ4n) is 2.93. The number of aliphatic carboxylic acids is 1. The smallest absolute Gasteiger partial charge is 0.322 e. The number of nitrogens with one attached hydrogen (secondary N) is 3. The predicted molar refractivity (Wildman–Crippen MR) is 132 cm³/mol. The van der Waals surface area contributed by atoms with Gasteiger partial charge < -0.3 is 49.7 Å². The van der Waals surface area contributed by atoms with Gasteiger partial charge in [0, 0.05) is 13.1 Å². The first kappa shape index (κ1) is 31.4. The number of carboxylic acid groups (broad SMARTS) is 1. The third-order valence-electron chi connectivity index (χ3n) is 5.09. The van der Waals surface area contributed by atoms with Crippen LogP contribution in [0.15, 0.2) is 9.98 Å². The minimum absolute atomic E-state index is 0.0659. The Morgan fingerprint density at radius 2 is 1.40 bits per heavy atom. The normalized spacial score (nSPS) is 13.9. The molecular weight excluding hydrogens is 460 g/mol. The largest absolute Gasteiger partial charge is 0.480 e. The molecule has 14 N–H and O–H groups in total. The van der Waals surface area contributed by atoms with Crippen LogP contribution in [0.5, 0.6) is 0 Å². The monoisotopic (exact) mass is 500 g/mol. The Bertz CT molecular complexity index is 765.